The molecule has 3 unspecified atom stereocenters. The summed E-state index contributed by atoms with van der Waals surface area (Å²) in [5.74, 6) is 2.67. The lowest BCUT2D eigenvalue weighted by Gasteiger charge is -2.37. The Kier molecular flexibility index (Phi) is 4.42. The molecule has 0 aromatic heterocycles. The topological polar surface area (TPSA) is 0 Å². The van der Waals surface area contributed by atoms with Crippen LogP contribution >= 0.6 is 0 Å². The maximum atomic E-state index is 2.47. The Morgan fingerprint density at radius 3 is 2.34 bits per heavy atom. The quantitative estimate of drug-likeness (QED) is 0.431. The molecule has 1 saturated carbocycles. The minimum absolute atomic E-state index is 0.0326. The maximum Gasteiger partial charge on any atom is 0.0119 e. The molecule has 1 fully saturated rings. The molecule has 0 bridgehead atoms. The van der Waals surface area contributed by atoms with Crippen molar-refractivity contribution in [2.75, 3.05) is 0 Å². The molecule has 0 saturated heterocycles. The zero-order valence-electron chi connectivity index (χ0n) is 18.2. The van der Waals surface area contributed by atoms with Crippen LogP contribution in [-0.2, 0) is 5.41 Å². The molecular weight excluding hydrogens is 348 g/mol. The van der Waals surface area contributed by atoms with Crippen molar-refractivity contribution in [3.63, 3.8) is 0 Å². The average Bonchev–Trinajstić information content (AvgIpc) is 3.30. The molecule has 148 valence electrons. The van der Waals surface area contributed by atoms with Gasteiger partial charge in [-0.3, -0.25) is 0 Å². The van der Waals surface area contributed by atoms with Crippen LogP contribution in [0.2, 0.25) is 0 Å². The van der Waals surface area contributed by atoms with Crippen LogP contribution < -0.4 is 0 Å². The van der Waals surface area contributed by atoms with Crippen LogP contribution in [0.25, 0.3) is 16.8 Å². The lowest BCUT2D eigenvalue weighted by molar-refractivity contribution is 0.457. The number of rotatable bonds is 3. The predicted molar refractivity (Wildman–Crippen MR) is 125 cm³/mol. The third-order valence-electron chi connectivity index (χ3n) is 7.70. The molecule has 5 rings (SSSR count). The van der Waals surface area contributed by atoms with E-state index in [1.54, 1.807) is 11.1 Å². The van der Waals surface area contributed by atoms with Gasteiger partial charge in [0.25, 0.3) is 0 Å². The maximum absolute atomic E-state index is 2.47. The molecule has 29 heavy (non-hydrogen) atoms. The van der Waals surface area contributed by atoms with E-state index in [0.717, 1.165) is 11.8 Å². The lowest BCUT2D eigenvalue weighted by atomic mass is 9.66. The standard InChI is InChI=1S/C29H32/c1-19-17-20(2)26(18-19)25-15-13-22-10-6-8-12-24(22)28(25)29(3,4)27-16-14-21-9-5-7-11-23(21)27/h5-16,19-20,26-27H,17-18H2,1-4H3/t19?,20-,26?,27?/m0/s1. The zero-order valence-corrected chi connectivity index (χ0v) is 18.2. The van der Waals surface area contributed by atoms with Crippen molar-refractivity contribution in [1.29, 1.82) is 0 Å². The second kappa shape index (κ2) is 6.87. The van der Waals surface area contributed by atoms with Crippen molar-refractivity contribution in [3.8, 4) is 0 Å². The van der Waals surface area contributed by atoms with Crippen molar-refractivity contribution in [2.24, 2.45) is 11.8 Å². The third-order valence-corrected chi connectivity index (χ3v) is 7.70. The van der Waals surface area contributed by atoms with E-state index < -0.39 is 0 Å². The van der Waals surface area contributed by atoms with Gasteiger partial charge in [0, 0.05) is 11.3 Å². The lowest BCUT2D eigenvalue weighted by Crippen LogP contribution is -2.28. The molecule has 0 spiro atoms. The van der Waals surface area contributed by atoms with Gasteiger partial charge in [-0.05, 0) is 63.6 Å². The monoisotopic (exact) mass is 380 g/mol. The molecule has 4 atom stereocenters. The summed E-state index contributed by atoms with van der Waals surface area (Å²) in [6, 6.07) is 22.8. The highest BCUT2D eigenvalue weighted by Crippen LogP contribution is 2.52. The van der Waals surface area contributed by atoms with Crippen LogP contribution in [-0.4, -0.2) is 0 Å². The smallest absolute Gasteiger partial charge is 0.0119 e. The van der Waals surface area contributed by atoms with Gasteiger partial charge in [-0.2, -0.15) is 0 Å². The van der Waals surface area contributed by atoms with Crippen LogP contribution in [0, 0.1) is 11.8 Å². The van der Waals surface area contributed by atoms with E-state index >= 15 is 0 Å². The predicted octanol–water partition coefficient (Wildman–Crippen LogP) is 8.08. The molecule has 2 aliphatic carbocycles. The third kappa shape index (κ3) is 2.96. The van der Waals surface area contributed by atoms with Crippen molar-refractivity contribution in [3.05, 3.63) is 89.0 Å². The average molecular weight is 381 g/mol. The summed E-state index contributed by atoms with van der Waals surface area (Å²) < 4.78 is 0. The van der Waals surface area contributed by atoms with E-state index in [0.29, 0.717) is 11.8 Å². The van der Waals surface area contributed by atoms with Crippen LogP contribution in [0.15, 0.2) is 66.7 Å². The SMILES string of the molecule is CC1CC(c2ccc3ccccc3c2C(C)(C)C2C=Cc3ccccc32)[C@@H](C)C1. The summed E-state index contributed by atoms with van der Waals surface area (Å²) in [5.41, 5.74) is 6.07. The number of hydrogen-bond acceptors (Lipinski definition) is 0. The molecular formula is C29H32. The molecule has 3 aromatic rings. The van der Waals surface area contributed by atoms with Gasteiger partial charge >= 0.3 is 0 Å². The Labute approximate surface area is 175 Å². The van der Waals surface area contributed by atoms with Gasteiger partial charge in [-0.15, -0.1) is 0 Å². The second-order valence-electron chi connectivity index (χ2n) is 10.1. The second-order valence-corrected chi connectivity index (χ2v) is 10.1. The first-order valence-electron chi connectivity index (χ1n) is 11.3. The fourth-order valence-corrected chi connectivity index (χ4v) is 6.35. The van der Waals surface area contributed by atoms with E-state index in [2.05, 4.69) is 101 Å². The number of benzene rings is 3. The minimum atomic E-state index is 0.0326. The highest BCUT2D eigenvalue weighted by molar-refractivity contribution is 5.88. The number of fused-ring (bicyclic) bond motifs is 2. The van der Waals surface area contributed by atoms with Gasteiger partial charge < -0.3 is 0 Å². The fraction of sp³-hybridized carbons (Fsp3) is 0.379. The van der Waals surface area contributed by atoms with E-state index in [1.807, 2.05) is 0 Å². The van der Waals surface area contributed by atoms with Gasteiger partial charge in [0.05, 0.1) is 0 Å². The normalized spacial score (nSPS) is 26.2. The minimum Gasteiger partial charge on any atom is -0.0755 e. The van der Waals surface area contributed by atoms with Gasteiger partial charge in [0.1, 0.15) is 0 Å². The Bertz CT molecular complexity index is 1080. The van der Waals surface area contributed by atoms with Crippen molar-refractivity contribution < 1.29 is 0 Å². The van der Waals surface area contributed by atoms with E-state index in [4.69, 9.17) is 0 Å². The van der Waals surface area contributed by atoms with E-state index in [1.165, 1.54) is 34.7 Å². The largest absolute Gasteiger partial charge is 0.0755 e. The van der Waals surface area contributed by atoms with Gasteiger partial charge in [-0.1, -0.05) is 101 Å². The summed E-state index contributed by atoms with van der Waals surface area (Å²) in [6.07, 6.45) is 7.44. The van der Waals surface area contributed by atoms with E-state index in [-0.39, 0.29) is 5.41 Å². The molecule has 0 aliphatic heterocycles. The van der Waals surface area contributed by atoms with Crippen LogP contribution in [0.5, 0.6) is 0 Å². The molecule has 2 aliphatic rings. The summed E-state index contributed by atoms with van der Waals surface area (Å²) in [4.78, 5) is 0. The van der Waals surface area contributed by atoms with Gasteiger partial charge in [-0.25, -0.2) is 0 Å². The number of allylic oxidation sites excluding steroid dienone is 1. The van der Waals surface area contributed by atoms with Crippen molar-refractivity contribution in [2.45, 2.75) is 57.8 Å². The summed E-state index contributed by atoms with van der Waals surface area (Å²) in [5, 5.41) is 2.81. The van der Waals surface area contributed by atoms with Crippen LogP contribution in [0.4, 0.5) is 0 Å². The molecule has 0 radical (unpaired) electrons. The van der Waals surface area contributed by atoms with Crippen molar-refractivity contribution >= 4 is 16.8 Å². The van der Waals surface area contributed by atoms with Gasteiger partial charge in [0.2, 0.25) is 0 Å². The Morgan fingerprint density at radius 2 is 1.55 bits per heavy atom. The highest BCUT2D eigenvalue weighted by atomic mass is 14.4. The fourth-order valence-electron chi connectivity index (χ4n) is 6.35. The molecule has 0 N–H and O–H groups in total. The Morgan fingerprint density at radius 1 is 0.793 bits per heavy atom. The van der Waals surface area contributed by atoms with E-state index in [9.17, 15) is 0 Å². The van der Waals surface area contributed by atoms with Crippen LogP contribution in [0.1, 0.15) is 74.6 Å². The Balaban J connectivity index is 1.73. The Hall–Kier alpha value is -2.34. The molecule has 0 heteroatoms. The van der Waals surface area contributed by atoms with Crippen molar-refractivity contribution in [1.82, 2.24) is 0 Å². The van der Waals surface area contributed by atoms with Crippen LogP contribution in [0.3, 0.4) is 0 Å². The first-order valence-corrected chi connectivity index (χ1v) is 11.3. The first-order chi connectivity index (χ1) is 14.0. The molecule has 3 aromatic carbocycles. The molecule has 0 amide bonds. The zero-order chi connectivity index (χ0) is 20.2. The van der Waals surface area contributed by atoms with Gasteiger partial charge in [0.15, 0.2) is 0 Å². The first kappa shape index (κ1) is 18.7. The number of hydrogen-bond donors (Lipinski definition) is 0. The summed E-state index contributed by atoms with van der Waals surface area (Å²) >= 11 is 0. The molecule has 0 heterocycles. The summed E-state index contributed by atoms with van der Waals surface area (Å²) in [7, 11) is 0. The summed E-state index contributed by atoms with van der Waals surface area (Å²) in [6.45, 7) is 9.83. The highest BCUT2D eigenvalue weighted by Gasteiger charge is 2.40. The molecule has 0 nitrogen and oxygen atoms in total.